The second-order valence-electron chi connectivity index (χ2n) is 2.96. The minimum absolute atomic E-state index is 0.860. The second-order valence-corrected chi connectivity index (χ2v) is 5.05. The molecule has 0 heterocycles. The molecule has 96 valence electrons. The number of ether oxygens (including phenoxy) is 1. The maximum Gasteiger partial charge on any atom is 0.325 e. The number of carbonyl (C=O) groups excluding carboxylic acids is 1. The van der Waals surface area contributed by atoms with Gasteiger partial charge in [-0.2, -0.15) is 0 Å². The molecule has 0 amide bonds. The molecule has 0 fully saturated rings. The van der Waals surface area contributed by atoms with Gasteiger partial charge in [-0.1, -0.05) is 0 Å². The van der Waals surface area contributed by atoms with Crippen molar-refractivity contribution in [1.82, 2.24) is 4.72 Å². The zero-order chi connectivity index (χ0) is 12.9. The van der Waals surface area contributed by atoms with Crippen LogP contribution in [0.4, 0.5) is 8.78 Å². The molecule has 2 atom stereocenters. The third kappa shape index (κ3) is 4.37. The molecule has 0 aromatic heterocycles. The predicted octanol–water partition coefficient (Wildman–Crippen LogP) is -0.907. The van der Waals surface area contributed by atoms with Crippen molar-refractivity contribution in [2.75, 3.05) is 13.7 Å². The number of nitrogens with one attached hydrogen (secondary N) is 1. The Morgan fingerprint density at radius 1 is 1.50 bits per heavy atom. The molecule has 0 aromatic carbocycles. The quantitative estimate of drug-likeness (QED) is 0.604. The van der Waals surface area contributed by atoms with Gasteiger partial charge in [0.25, 0.3) is 6.43 Å². The molecule has 2 N–H and O–H groups in total. The lowest BCUT2D eigenvalue weighted by Gasteiger charge is -2.14. The topological polar surface area (TPSA) is 92.7 Å². The SMILES string of the molecule is COC(=O)C(C)S(=O)(=O)NCC(O)C(F)F. The molecule has 0 radical (unpaired) electrons. The number of esters is 1. The summed E-state index contributed by atoms with van der Waals surface area (Å²) in [5, 5.41) is 7.15. The molecule has 2 unspecified atom stereocenters. The first-order valence-corrected chi connectivity index (χ1v) is 5.79. The summed E-state index contributed by atoms with van der Waals surface area (Å²) < 4.78 is 52.2. The van der Waals surface area contributed by atoms with Crippen LogP contribution in [0.3, 0.4) is 0 Å². The summed E-state index contributed by atoms with van der Waals surface area (Å²) in [5.41, 5.74) is 0. The highest BCUT2D eigenvalue weighted by molar-refractivity contribution is 7.90. The van der Waals surface area contributed by atoms with Crippen molar-refractivity contribution in [3.8, 4) is 0 Å². The number of methoxy groups -OCH3 is 1. The van der Waals surface area contributed by atoms with Gasteiger partial charge >= 0.3 is 5.97 Å². The Balaban J connectivity index is 4.42. The lowest BCUT2D eigenvalue weighted by atomic mass is 10.4. The Kier molecular flexibility index (Phi) is 5.76. The minimum Gasteiger partial charge on any atom is -0.468 e. The van der Waals surface area contributed by atoms with E-state index in [0.717, 1.165) is 14.0 Å². The van der Waals surface area contributed by atoms with E-state index < -0.39 is 40.3 Å². The van der Waals surface area contributed by atoms with E-state index in [1.807, 2.05) is 0 Å². The molecular formula is C7H13F2NO5S. The van der Waals surface area contributed by atoms with Crippen molar-refractivity contribution in [3.05, 3.63) is 0 Å². The molecule has 0 aliphatic rings. The fourth-order valence-corrected chi connectivity index (χ4v) is 1.71. The first-order chi connectivity index (χ1) is 7.22. The summed E-state index contributed by atoms with van der Waals surface area (Å²) in [5.74, 6) is -1.01. The van der Waals surface area contributed by atoms with Gasteiger partial charge in [0.2, 0.25) is 10.0 Å². The van der Waals surface area contributed by atoms with Crippen molar-refractivity contribution in [2.24, 2.45) is 0 Å². The number of hydrogen-bond acceptors (Lipinski definition) is 5. The molecular weight excluding hydrogens is 248 g/mol. The first kappa shape index (κ1) is 15.2. The van der Waals surface area contributed by atoms with Crippen LogP contribution in [0.5, 0.6) is 0 Å². The van der Waals surface area contributed by atoms with Crippen LogP contribution < -0.4 is 4.72 Å². The van der Waals surface area contributed by atoms with Gasteiger partial charge in [-0.3, -0.25) is 4.79 Å². The number of hydrogen-bond donors (Lipinski definition) is 2. The van der Waals surface area contributed by atoms with Crippen LogP contribution in [0.25, 0.3) is 0 Å². The fraction of sp³-hybridized carbons (Fsp3) is 0.857. The number of sulfonamides is 1. The lowest BCUT2D eigenvalue weighted by Crippen LogP contribution is -2.42. The Bertz CT molecular complexity index is 332. The highest BCUT2D eigenvalue weighted by Gasteiger charge is 2.30. The summed E-state index contributed by atoms with van der Waals surface area (Å²) in [7, 11) is -3.12. The van der Waals surface area contributed by atoms with E-state index in [-0.39, 0.29) is 0 Å². The molecule has 6 nitrogen and oxygen atoms in total. The minimum atomic E-state index is -4.12. The summed E-state index contributed by atoms with van der Waals surface area (Å²) in [6, 6.07) is 0. The summed E-state index contributed by atoms with van der Waals surface area (Å²) in [6.07, 6.45) is -5.17. The molecule has 16 heavy (non-hydrogen) atoms. The van der Waals surface area contributed by atoms with E-state index in [2.05, 4.69) is 4.74 Å². The first-order valence-electron chi connectivity index (χ1n) is 4.25. The number of halogens is 2. The van der Waals surface area contributed by atoms with Crippen molar-refractivity contribution in [3.63, 3.8) is 0 Å². The van der Waals surface area contributed by atoms with E-state index in [0.29, 0.717) is 0 Å². The summed E-state index contributed by atoms with van der Waals surface area (Å²) in [4.78, 5) is 10.9. The van der Waals surface area contributed by atoms with E-state index in [4.69, 9.17) is 5.11 Å². The van der Waals surface area contributed by atoms with Crippen LogP contribution in [0.15, 0.2) is 0 Å². The summed E-state index contributed by atoms with van der Waals surface area (Å²) >= 11 is 0. The fourth-order valence-electron chi connectivity index (χ4n) is 0.708. The number of rotatable bonds is 6. The molecule has 0 aliphatic heterocycles. The Morgan fingerprint density at radius 2 is 2.00 bits per heavy atom. The Morgan fingerprint density at radius 3 is 2.38 bits per heavy atom. The van der Waals surface area contributed by atoms with Crippen LogP contribution in [0, 0.1) is 0 Å². The van der Waals surface area contributed by atoms with Crippen molar-refractivity contribution in [2.45, 2.75) is 24.7 Å². The molecule has 0 rings (SSSR count). The molecule has 0 saturated carbocycles. The van der Waals surface area contributed by atoms with Gasteiger partial charge in [0.05, 0.1) is 7.11 Å². The average Bonchev–Trinajstić information content (AvgIpc) is 2.23. The van der Waals surface area contributed by atoms with Crippen LogP contribution in [0.1, 0.15) is 6.92 Å². The maximum atomic E-state index is 11.9. The zero-order valence-electron chi connectivity index (χ0n) is 8.68. The number of aliphatic hydroxyl groups is 1. The summed E-state index contributed by atoms with van der Waals surface area (Å²) in [6.45, 7) is 0.185. The van der Waals surface area contributed by atoms with E-state index in [9.17, 15) is 22.0 Å². The molecule has 0 spiro atoms. The van der Waals surface area contributed by atoms with Crippen LogP contribution >= 0.6 is 0 Å². The third-order valence-electron chi connectivity index (χ3n) is 1.78. The maximum absolute atomic E-state index is 11.9. The van der Waals surface area contributed by atoms with Crippen molar-refractivity contribution < 1.29 is 31.8 Å². The van der Waals surface area contributed by atoms with E-state index in [1.165, 1.54) is 0 Å². The van der Waals surface area contributed by atoms with Crippen molar-refractivity contribution >= 4 is 16.0 Å². The third-order valence-corrected chi connectivity index (χ3v) is 3.48. The van der Waals surface area contributed by atoms with Crippen molar-refractivity contribution in [1.29, 1.82) is 0 Å². The van der Waals surface area contributed by atoms with Gasteiger partial charge in [0, 0.05) is 6.54 Å². The van der Waals surface area contributed by atoms with Gasteiger partial charge in [-0.05, 0) is 6.92 Å². The lowest BCUT2D eigenvalue weighted by molar-refractivity contribution is -0.139. The highest BCUT2D eigenvalue weighted by atomic mass is 32.2. The number of carbonyl (C=O) groups is 1. The van der Waals surface area contributed by atoms with E-state index >= 15 is 0 Å². The molecule has 0 aliphatic carbocycles. The van der Waals surface area contributed by atoms with Crippen LogP contribution in [0.2, 0.25) is 0 Å². The number of alkyl halides is 2. The van der Waals surface area contributed by atoms with Gasteiger partial charge in [-0.15, -0.1) is 0 Å². The molecule has 9 heteroatoms. The van der Waals surface area contributed by atoms with Gasteiger partial charge in [-0.25, -0.2) is 21.9 Å². The van der Waals surface area contributed by atoms with Gasteiger partial charge in [0.1, 0.15) is 6.10 Å². The largest absolute Gasteiger partial charge is 0.468 e. The number of aliphatic hydroxyl groups excluding tert-OH is 1. The Labute approximate surface area is 91.6 Å². The second kappa shape index (κ2) is 6.06. The van der Waals surface area contributed by atoms with Gasteiger partial charge < -0.3 is 9.84 Å². The predicted molar refractivity (Wildman–Crippen MR) is 50.4 cm³/mol. The smallest absolute Gasteiger partial charge is 0.325 e. The molecule has 0 bridgehead atoms. The average molecular weight is 261 g/mol. The highest BCUT2D eigenvalue weighted by Crippen LogP contribution is 2.03. The van der Waals surface area contributed by atoms with Gasteiger partial charge in [0.15, 0.2) is 5.25 Å². The van der Waals surface area contributed by atoms with Crippen LogP contribution in [-0.4, -0.2) is 50.9 Å². The molecule has 0 aromatic rings. The standard InChI is InChI=1S/C7H13F2NO5S/c1-4(7(12)15-2)16(13,14)10-3-5(11)6(8)9/h4-6,10-11H,3H2,1-2H3. The zero-order valence-corrected chi connectivity index (χ0v) is 9.50. The van der Waals surface area contributed by atoms with E-state index in [1.54, 1.807) is 4.72 Å². The van der Waals surface area contributed by atoms with Crippen LogP contribution in [-0.2, 0) is 19.6 Å². The molecule has 0 saturated heterocycles. The Hall–Kier alpha value is -0.800. The monoisotopic (exact) mass is 261 g/mol. The normalized spacial score (nSPS) is 15.9.